The number of aromatic nitrogens is 1. The summed E-state index contributed by atoms with van der Waals surface area (Å²) in [5.74, 6) is 0.784. The minimum atomic E-state index is 0.152. The fraction of sp³-hybridized carbons (Fsp3) is 0.211. The summed E-state index contributed by atoms with van der Waals surface area (Å²) in [6.07, 6.45) is 1.80. The van der Waals surface area contributed by atoms with Gasteiger partial charge in [0.2, 0.25) is 0 Å². The van der Waals surface area contributed by atoms with Crippen LogP contribution in [0.2, 0.25) is 5.02 Å². The highest BCUT2D eigenvalue weighted by Crippen LogP contribution is 2.31. The van der Waals surface area contributed by atoms with Crippen LogP contribution < -0.4 is 5.32 Å². The standard InChI is InChI=1S/C19H19ClN2/c1-19(2,3)14-7-9-15(10-8-14)22-18-17-13(11-12-21-18)5-4-6-16(17)20/h4-12H,1-3H3,(H,21,22). The first-order valence-corrected chi connectivity index (χ1v) is 7.74. The molecule has 0 amide bonds. The molecule has 112 valence electrons. The van der Waals surface area contributed by atoms with Crippen molar-refractivity contribution in [1.29, 1.82) is 0 Å². The van der Waals surface area contributed by atoms with Gasteiger partial charge in [-0.2, -0.15) is 0 Å². The highest BCUT2D eigenvalue weighted by atomic mass is 35.5. The van der Waals surface area contributed by atoms with Crippen LogP contribution in [0.4, 0.5) is 11.5 Å². The molecule has 0 unspecified atom stereocenters. The first-order valence-electron chi connectivity index (χ1n) is 7.36. The molecule has 3 aromatic rings. The quantitative estimate of drug-likeness (QED) is 0.634. The van der Waals surface area contributed by atoms with E-state index in [2.05, 4.69) is 55.3 Å². The molecule has 1 N–H and O–H groups in total. The van der Waals surface area contributed by atoms with Gasteiger partial charge in [-0.25, -0.2) is 4.98 Å². The van der Waals surface area contributed by atoms with E-state index < -0.39 is 0 Å². The summed E-state index contributed by atoms with van der Waals surface area (Å²) in [5.41, 5.74) is 2.47. The van der Waals surface area contributed by atoms with Gasteiger partial charge in [-0.1, -0.05) is 56.6 Å². The van der Waals surface area contributed by atoms with Crippen molar-refractivity contribution in [2.45, 2.75) is 26.2 Å². The van der Waals surface area contributed by atoms with Crippen molar-refractivity contribution in [1.82, 2.24) is 4.98 Å². The SMILES string of the molecule is CC(C)(C)c1ccc(Nc2nccc3cccc(Cl)c23)cc1. The van der Waals surface area contributed by atoms with Crippen LogP contribution >= 0.6 is 11.6 Å². The Balaban J connectivity index is 1.97. The fourth-order valence-electron chi connectivity index (χ4n) is 2.47. The van der Waals surface area contributed by atoms with E-state index in [9.17, 15) is 0 Å². The van der Waals surface area contributed by atoms with Gasteiger partial charge in [0.1, 0.15) is 5.82 Å². The molecule has 2 nitrogen and oxygen atoms in total. The molecule has 0 saturated heterocycles. The van der Waals surface area contributed by atoms with E-state index in [1.165, 1.54) is 5.56 Å². The molecule has 0 aliphatic heterocycles. The van der Waals surface area contributed by atoms with Gasteiger partial charge in [-0.05, 0) is 40.6 Å². The maximum absolute atomic E-state index is 6.33. The molecule has 0 saturated carbocycles. The molecular formula is C19H19ClN2. The smallest absolute Gasteiger partial charge is 0.139 e. The van der Waals surface area contributed by atoms with E-state index in [1.54, 1.807) is 6.20 Å². The molecule has 0 atom stereocenters. The lowest BCUT2D eigenvalue weighted by Crippen LogP contribution is -2.10. The molecule has 3 heteroatoms. The first kappa shape index (κ1) is 14.9. The van der Waals surface area contributed by atoms with E-state index in [-0.39, 0.29) is 5.41 Å². The van der Waals surface area contributed by atoms with Crippen molar-refractivity contribution in [3.05, 3.63) is 65.3 Å². The lowest BCUT2D eigenvalue weighted by atomic mass is 9.87. The number of fused-ring (bicyclic) bond motifs is 1. The third-order valence-corrected chi connectivity index (χ3v) is 4.07. The Morgan fingerprint density at radius 3 is 2.36 bits per heavy atom. The molecule has 0 bridgehead atoms. The molecular weight excluding hydrogens is 292 g/mol. The highest BCUT2D eigenvalue weighted by molar-refractivity contribution is 6.36. The summed E-state index contributed by atoms with van der Waals surface area (Å²) >= 11 is 6.33. The number of nitrogens with zero attached hydrogens (tertiary/aromatic N) is 1. The number of pyridine rings is 1. The number of anilines is 2. The minimum absolute atomic E-state index is 0.152. The average Bonchev–Trinajstić information content (AvgIpc) is 2.47. The number of hydrogen-bond acceptors (Lipinski definition) is 2. The average molecular weight is 311 g/mol. The van der Waals surface area contributed by atoms with Crippen LogP contribution in [-0.2, 0) is 5.41 Å². The molecule has 3 rings (SSSR count). The number of halogens is 1. The van der Waals surface area contributed by atoms with Gasteiger partial charge in [0.25, 0.3) is 0 Å². The molecule has 22 heavy (non-hydrogen) atoms. The summed E-state index contributed by atoms with van der Waals surface area (Å²) in [7, 11) is 0. The van der Waals surface area contributed by atoms with Gasteiger partial charge in [-0.3, -0.25) is 0 Å². The molecule has 2 aromatic carbocycles. The van der Waals surface area contributed by atoms with Crippen molar-refractivity contribution < 1.29 is 0 Å². The minimum Gasteiger partial charge on any atom is -0.340 e. The fourth-order valence-corrected chi connectivity index (χ4v) is 2.74. The molecule has 1 heterocycles. The zero-order valence-corrected chi connectivity index (χ0v) is 13.8. The predicted molar refractivity (Wildman–Crippen MR) is 95.2 cm³/mol. The molecule has 0 aliphatic rings. The van der Waals surface area contributed by atoms with Crippen LogP contribution in [0.1, 0.15) is 26.3 Å². The Labute approximate surface area is 136 Å². The summed E-state index contributed by atoms with van der Waals surface area (Å²) in [4.78, 5) is 4.44. The zero-order chi connectivity index (χ0) is 15.7. The topological polar surface area (TPSA) is 24.9 Å². The number of nitrogens with one attached hydrogen (secondary N) is 1. The Hall–Kier alpha value is -2.06. The Morgan fingerprint density at radius 2 is 1.68 bits per heavy atom. The van der Waals surface area contributed by atoms with Gasteiger partial charge in [0, 0.05) is 17.3 Å². The molecule has 0 spiro atoms. The van der Waals surface area contributed by atoms with Crippen LogP contribution in [-0.4, -0.2) is 4.98 Å². The van der Waals surface area contributed by atoms with Crippen molar-refractivity contribution >= 4 is 33.9 Å². The second-order valence-electron chi connectivity index (χ2n) is 6.45. The Kier molecular flexibility index (Phi) is 3.79. The van der Waals surface area contributed by atoms with Gasteiger partial charge in [0.05, 0.1) is 5.02 Å². The second kappa shape index (κ2) is 5.62. The number of hydrogen-bond donors (Lipinski definition) is 1. The van der Waals surface area contributed by atoms with Crippen molar-refractivity contribution in [3.8, 4) is 0 Å². The summed E-state index contributed by atoms with van der Waals surface area (Å²) in [6, 6.07) is 16.3. The molecule has 0 fully saturated rings. The summed E-state index contributed by atoms with van der Waals surface area (Å²) in [6.45, 7) is 6.63. The molecule has 0 aliphatic carbocycles. The third-order valence-electron chi connectivity index (χ3n) is 3.75. The van der Waals surface area contributed by atoms with Crippen LogP contribution in [0.15, 0.2) is 54.7 Å². The van der Waals surface area contributed by atoms with E-state index in [1.807, 2.05) is 24.3 Å². The predicted octanol–water partition coefficient (Wildman–Crippen LogP) is 5.93. The Bertz CT molecular complexity index is 797. The van der Waals surface area contributed by atoms with E-state index in [4.69, 9.17) is 11.6 Å². The van der Waals surface area contributed by atoms with Crippen molar-refractivity contribution in [2.24, 2.45) is 0 Å². The van der Waals surface area contributed by atoms with Gasteiger partial charge >= 0.3 is 0 Å². The Morgan fingerprint density at radius 1 is 0.955 bits per heavy atom. The molecule has 0 radical (unpaired) electrons. The second-order valence-corrected chi connectivity index (χ2v) is 6.86. The first-order chi connectivity index (χ1) is 10.4. The van der Waals surface area contributed by atoms with Crippen molar-refractivity contribution in [2.75, 3.05) is 5.32 Å². The lowest BCUT2D eigenvalue weighted by molar-refractivity contribution is 0.590. The number of rotatable bonds is 2. The normalized spacial score (nSPS) is 11.6. The van der Waals surface area contributed by atoms with Crippen LogP contribution in [0.3, 0.4) is 0 Å². The van der Waals surface area contributed by atoms with Crippen LogP contribution in [0.5, 0.6) is 0 Å². The third kappa shape index (κ3) is 2.93. The van der Waals surface area contributed by atoms with E-state index >= 15 is 0 Å². The van der Waals surface area contributed by atoms with Gasteiger partial charge in [0.15, 0.2) is 0 Å². The van der Waals surface area contributed by atoms with Crippen LogP contribution in [0, 0.1) is 0 Å². The van der Waals surface area contributed by atoms with Crippen LogP contribution in [0.25, 0.3) is 10.8 Å². The number of benzene rings is 2. The van der Waals surface area contributed by atoms with Gasteiger partial charge in [-0.15, -0.1) is 0 Å². The molecule has 1 aromatic heterocycles. The monoisotopic (exact) mass is 310 g/mol. The van der Waals surface area contributed by atoms with Gasteiger partial charge < -0.3 is 5.32 Å². The largest absolute Gasteiger partial charge is 0.340 e. The van der Waals surface area contributed by atoms with E-state index in [0.717, 1.165) is 22.3 Å². The summed E-state index contributed by atoms with van der Waals surface area (Å²) in [5, 5.41) is 6.11. The maximum Gasteiger partial charge on any atom is 0.139 e. The lowest BCUT2D eigenvalue weighted by Gasteiger charge is -2.19. The summed E-state index contributed by atoms with van der Waals surface area (Å²) < 4.78 is 0. The van der Waals surface area contributed by atoms with E-state index in [0.29, 0.717) is 5.02 Å². The van der Waals surface area contributed by atoms with Crippen molar-refractivity contribution in [3.63, 3.8) is 0 Å². The zero-order valence-electron chi connectivity index (χ0n) is 13.0. The highest BCUT2D eigenvalue weighted by Gasteiger charge is 2.13. The maximum atomic E-state index is 6.33.